The molecule has 0 fully saturated rings. The number of hydrogen-bond donors (Lipinski definition) is 2. The van der Waals surface area contributed by atoms with Crippen LogP contribution < -0.4 is 16.2 Å². The van der Waals surface area contributed by atoms with E-state index in [9.17, 15) is 4.79 Å². The lowest BCUT2D eigenvalue weighted by Crippen LogP contribution is -2.20. The maximum atomic E-state index is 10.8. The second-order valence-corrected chi connectivity index (χ2v) is 3.81. The zero-order chi connectivity index (χ0) is 13.8. The highest BCUT2D eigenvalue weighted by Gasteiger charge is 2.18. The lowest BCUT2D eigenvalue weighted by atomic mass is 10.2. The molecule has 0 aromatic carbocycles. The highest BCUT2D eigenvalue weighted by molar-refractivity contribution is 5.74. The van der Waals surface area contributed by atoms with Crippen molar-refractivity contribution in [3.05, 3.63) is 24.2 Å². The third-order valence-electron chi connectivity index (χ3n) is 2.38. The van der Waals surface area contributed by atoms with E-state index in [0.29, 0.717) is 11.4 Å². The minimum absolute atomic E-state index is 0.0623. The standard InChI is InChI=1S/C11H13N5O3/c1-18-6-2-3-14-8(4-6)10-15-11(19-16-10)7(12)5-9(13)17/h2-4,7H,5,12H2,1H3,(H2,13,17)/t7-/m0/s1. The molecular formula is C11H13N5O3. The molecule has 2 rings (SSSR count). The summed E-state index contributed by atoms with van der Waals surface area (Å²) in [5.74, 6) is 0.497. The van der Waals surface area contributed by atoms with Gasteiger partial charge in [0.1, 0.15) is 11.4 Å². The lowest BCUT2D eigenvalue weighted by molar-refractivity contribution is -0.118. The third kappa shape index (κ3) is 3.05. The van der Waals surface area contributed by atoms with Gasteiger partial charge in [0, 0.05) is 12.3 Å². The van der Waals surface area contributed by atoms with E-state index in [0.717, 1.165) is 0 Å². The van der Waals surface area contributed by atoms with Crippen molar-refractivity contribution in [1.29, 1.82) is 0 Å². The summed E-state index contributed by atoms with van der Waals surface area (Å²) in [6, 6.07) is 2.64. The molecule has 0 radical (unpaired) electrons. The molecule has 0 unspecified atom stereocenters. The molecular weight excluding hydrogens is 250 g/mol. The Bertz CT molecular complexity index is 583. The van der Waals surface area contributed by atoms with Crippen LogP contribution in [0.25, 0.3) is 11.5 Å². The van der Waals surface area contributed by atoms with Gasteiger partial charge in [0.2, 0.25) is 17.6 Å². The number of carbonyl (C=O) groups excluding carboxylic acids is 1. The largest absolute Gasteiger partial charge is 0.497 e. The van der Waals surface area contributed by atoms with Gasteiger partial charge in [-0.15, -0.1) is 0 Å². The predicted octanol–water partition coefficient (Wildman–Crippen LogP) is 0.0154. The molecule has 0 spiro atoms. The Morgan fingerprint density at radius 2 is 2.37 bits per heavy atom. The molecule has 19 heavy (non-hydrogen) atoms. The molecule has 0 aliphatic carbocycles. The maximum absolute atomic E-state index is 10.8. The number of primary amides is 1. The third-order valence-corrected chi connectivity index (χ3v) is 2.38. The van der Waals surface area contributed by atoms with Crippen molar-refractivity contribution in [2.75, 3.05) is 7.11 Å². The number of aromatic nitrogens is 3. The average molecular weight is 263 g/mol. The van der Waals surface area contributed by atoms with Gasteiger partial charge in [0.05, 0.1) is 19.6 Å². The number of hydrogen-bond acceptors (Lipinski definition) is 7. The first kappa shape index (κ1) is 13.0. The Kier molecular flexibility index (Phi) is 3.71. The van der Waals surface area contributed by atoms with Crippen molar-refractivity contribution >= 4 is 5.91 Å². The van der Waals surface area contributed by atoms with Crippen LogP contribution in [0.15, 0.2) is 22.9 Å². The Morgan fingerprint density at radius 3 is 3.05 bits per heavy atom. The minimum atomic E-state index is -0.718. The molecule has 0 saturated heterocycles. The van der Waals surface area contributed by atoms with Crippen LogP contribution in [0, 0.1) is 0 Å². The molecule has 0 aliphatic heterocycles. The summed E-state index contributed by atoms with van der Waals surface area (Å²) in [7, 11) is 1.55. The normalized spacial score (nSPS) is 12.1. The fourth-order valence-corrected chi connectivity index (χ4v) is 1.45. The predicted molar refractivity (Wildman–Crippen MR) is 64.8 cm³/mol. The van der Waals surface area contributed by atoms with Crippen LogP contribution in [-0.4, -0.2) is 28.1 Å². The van der Waals surface area contributed by atoms with Crippen LogP contribution in [0.1, 0.15) is 18.4 Å². The van der Waals surface area contributed by atoms with Gasteiger partial charge in [-0.1, -0.05) is 5.16 Å². The van der Waals surface area contributed by atoms with Gasteiger partial charge in [-0.2, -0.15) is 4.98 Å². The van der Waals surface area contributed by atoms with Crippen LogP contribution in [0.4, 0.5) is 0 Å². The zero-order valence-corrected chi connectivity index (χ0v) is 10.2. The highest BCUT2D eigenvalue weighted by Crippen LogP contribution is 2.20. The molecule has 8 nitrogen and oxygen atoms in total. The van der Waals surface area contributed by atoms with E-state index < -0.39 is 11.9 Å². The summed E-state index contributed by atoms with van der Waals surface area (Å²) >= 11 is 0. The molecule has 2 heterocycles. The van der Waals surface area contributed by atoms with Gasteiger partial charge in [-0.05, 0) is 6.07 Å². The van der Waals surface area contributed by atoms with E-state index in [1.165, 1.54) is 0 Å². The second kappa shape index (κ2) is 5.44. The number of nitrogens with two attached hydrogens (primary N) is 2. The molecule has 0 bridgehead atoms. The van der Waals surface area contributed by atoms with Gasteiger partial charge < -0.3 is 20.7 Å². The number of ether oxygens (including phenoxy) is 1. The quantitative estimate of drug-likeness (QED) is 0.777. The molecule has 1 atom stereocenters. The molecule has 2 aromatic rings. The number of pyridine rings is 1. The molecule has 100 valence electrons. The number of amides is 1. The van der Waals surface area contributed by atoms with Crippen LogP contribution in [0.5, 0.6) is 5.75 Å². The van der Waals surface area contributed by atoms with Crippen molar-refractivity contribution in [3.63, 3.8) is 0 Å². The van der Waals surface area contributed by atoms with Crippen molar-refractivity contribution in [3.8, 4) is 17.3 Å². The number of carbonyl (C=O) groups is 1. The average Bonchev–Trinajstić information content (AvgIpc) is 2.88. The smallest absolute Gasteiger partial charge is 0.244 e. The SMILES string of the molecule is COc1ccnc(-c2noc([C@@H](N)CC(N)=O)n2)c1. The van der Waals surface area contributed by atoms with E-state index in [1.807, 2.05) is 0 Å². The van der Waals surface area contributed by atoms with Crippen LogP contribution >= 0.6 is 0 Å². The van der Waals surface area contributed by atoms with E-state index in [1.54, 1.807) is 25.4 Å². The first-order valence-electron chi connectivity index (χ1n) is 5.48. The van der Waals surface area contributed by atoms with Gasteiger partial charge in [0.15, 0.2) is 0 Å². The van der Waals surface area contributed by atoms with Crippen molar-refractivity contribution in [2.45, 2.75) is 12.5 Å². The van der Waals surface area contributed by atoms with Gasteiger partial charge in [0.25, 0.3) is 0 Å². The number of rotatable bonds is 5. The van der Waals surface area contributed by atoms with E-state index in [-0.39, 0.29) is 18.1 Å². The first-order chi connectivity index (χ1) is 9.10. The fraction of sp³-hybridized carbons (Fsp3) is 0.273. The fourth-order valence-electron chi connectivity index (χ4n) is 1.45. The van der Waals surface area contributed by atoms with Gasteiger partial charge in [-0.25, -0.2) is 0 Å². The summed E-state index contributed by atoms with van der Waals surface area (Å²) in [4.78, 5) is 18.9. The summed E-state index contributed by atoms with van der Waals surface area (Å²) in [5.41, 5.74) is 11.2. The molecule has 2 aromatic heterocycles. The molecule has 0 aliphatic rings. The highest BCUT2D eigenvalue weighted by atomic mass is 16.5. The van der Waals surface area contributed by atoms with Crippen LogP contribution in [0.2, 0.25) is 0 Å². The van der Waals surface area contributed by atoms with Crippen LogP contribution in [0.3, 0.4) is 0 Å². The van der Waals surface area contributed by atoms with E-state index >= 15 is 0 Å². The molecule has 1 amide bonds. The van der Waals surface area contributed by atoms with E-state index in [2.05, 4.69) is 15.1 Å². The van der Waals surface area contributed by atoms with E-state index in [4.69, 9.17) is 20.7 Å². The minimum Gasteiger partial charge on any atom is -0.497 e. The Morgan fingerprint density at radius 1 is 1.58 bits per heavy atom. The summed E-state index contributed by atoms with van der Waals surface area (Å²) in [6.45, 7) is 0. The zero-order valence-electron chi connectivity index (χ0n) is 10.2. The Balaban J connectivity index is 2.22. The summed E-state index contributed by atoms with van der Waals surface area (Å²) in [6.07, 6.45) is 1.50. The van der Waals surface area contributed by atoms with Crippen molar-refractivity contribution in [1.82, 2.24) is 15.1 Å². The topological polar surface area (TPSA) is 130 Å². The molecule has 4 N–H and O–H groups in total. The van der Waals surface area contributed by atoms with Gasteiger partial charge in [-0.3, -0.25) is 9.78 Å². The molecule has 8 heteroatoms. The van der Waals surface area contributed by atoms with Crippen molar-refractivity contribution < 1.29 is 14.1 Å². The van der Waals surface area contributed by atoms with Crippen molar-refractivity contribution in [2.24, 2.45) is 11.5 Å². The number of methoxy groups -OCH3 is 1. The lowest BCUT2D eigenvalue weighted by Gasteiger charge is -2.01. The van der Waals surface area contributed by atoms with Crippen LogP contribution in [-0.2, 0) is 4.79 Å². The number of nitrogens with zero attached hydrogens (tertiary/aromatic N) is 3. The Hall–Kier alpha value is -2.48. The second-order valence-electron chi connectivity index (χ2n) is 3.81. The first-order valence-corrected chi connectivity index (χ1v) is 5.48. The summed E-state index contributed by atoms with van der Waals surface area (Å²) in [5, 5.41) is 3.75. The van der Waals surface area contributed by atoms with Gasteiger partial charge >= 0.3 is 0 Å². The maximum Gasteiger partial charge on any atom is 0.244 e. The molecule has 0 saturated carbocycles. The monoisotopic (exact) mass is 263 g/mol. The Labute approximate surface area is 108 Å². The summed E-state index contributed by atoms with van der Waals surface area (Å²) < 4.78 is 10.1.